The summed E-state index contributed by atoms with van der Waals surface area (Å²) in [7, 11) is 0. The fourth-order valence-electron chi connectivity index (χ4n) is 2.30. The molecule has 4 nitrogen and oxygen atoms in total. The molecule has 0 atom stereocenters. The molecule has 24 heavy (non-hydrogen) atoms. The lowest BCUT2D eigenvalue weighted by molar-refractivity contribution is -0.126. The maximum atomic E-state index is 12.5. The quantitative estimate of drug-likeness (QED) is 0.567. The van der Waals surface area contributed by atoms with Gasteiger partial charge in [-0.3, -0.25) is 4.79 Å². The summed E-state index contributed by atoms with van der Waals surface area (Å²) < 4.78 is 11.3. The number of halogens is 1. The number of carbonyl (C=O) groups excluding carboxylic acids is 1. The zero-order chi connectivity index (χ0) is 16.9. The van der Waals surface area contributed by atoms with E-state index in [1.807, 2.05) is 30.3 Å². The molecule has 124 valence electrons. The summed E-state index contributed by atoms with van der Waals surface area (Å²) in [6.45, 7) is 4.93. The molecular formula is C18H16ClNO3S. The molecule has 0 aliphatic carbocycles. The molecule has 2 aromatic rings. The highest BCUT2D eigenvalue weighted by Gasteiger charge is 2.13. The lowest BCUT2D eigenvalue weighted by Gasteiger charge is -2.18. The van der Waals surface area contributed by atoms with Gasteiger partial charge >= 0.3 is 0 Å². The molecule has 6 heteroatoms. The van der Waals surface area contributed by atoms with Gasteiger partial charge < -0.3 is 14.4 Å². The van der Waals surface area contributed by atoms with E-state index in [4.69, 9.17) is 21.1 Å². The van der Waals surface area contributed by atoms with Crippen LogP contribution in [0.3, 0.4) is 0 Å². The van der Waals surface area contributed by atoms with E-state index in [9.17, 15) is 4.79 Å². The fourth-order valence-corrected chi connectivity index (χ4v) is 3.41. The minimum Gasteiger partial charge on any atom is -0.454 e. The zero-order valence-corrected chi connectivity index (χ0v) is 14.5. The van der Waals surface area contributed by atoms with Crippen molar-refractivity contribution in [2.45, 2.75) is 6.54 Å². The predicted molar refractivity (Wildman–Crippen MR) is 96.5 cm³/mol. The second kappa shape index (κ2) is 7.55. The monoisotopic (exact) mass is 361 g/mol. The van der Waals surface area contributed by atoms with Gasteiger partial charge in [-0.1, -0.05) is 23.7 Å². The summed E-state index contributed by atoms with van der Waals surface area (Å²) in [5, 5.41) is 0. The van der Waals surface area contributed by atoms with Crippen molar-refractivity contribution < 1.29 is 14.3 Å². The molecule has 1 aromatic carbocycles. The first-order valence-electron chi connectivity index (χ1n) is 7.37. The SMILES string of the molecule is C=CCN(Cc1ccc(Cl)s1)C(=O)/C=C/c1ccc2c(c1)OCO2. The van der Waals surface area contributed by atoms with Crippen LogP contribution in [0.15, 0.2) is 49.1 Å². The first-order chi connectivity index (χ1) is 11.7. The highest BCUT2D eigenvalue weighted by molar-refractivity contribution is 7.16. The van der Waals surface area contributed by atoms with E-state index in [0.29, 0.717) is 23.2 Å². The summed E-state index contributed by atoms with van der Waals surface area (Å²) in [6, 6.07) is 9.33. The van der Waals surface area contributed by atoms with Gasteiger partial charge in [-0.15, -0.1) is 17.9 Å². The third-order valence-corrected chi connectivity index (χ3v) is 4.67. The van der Waals surface area contributed by atoms with Crippen LogP contribution in [0.4, 0.5) is 0 Å². The number of benzene rings is 1. The summed E-state index contributed by atoms with van der Waals surface area (Å²) in [6.07, 6.45) is 5.03. The average Bonchev–Trinajstić information content (AvgIpc) is 3.20. The van der Waals surface area contributed by atoms with Crippen molar-refractivity contribution in [2.24, 2.45) is 0 Å². The first-order valence-corrected chi connectivity index (χ1v) is 8.57. The number of hydrogen-bond donors (Lipinski definition) is 0. The molecule has 1 aliphatic heterocycles. The Morgan fingerprint density at radius 1 is 1.29 bits per heavy atom. The molecule has 0 saturated carbocycles. The van der Waals surface area contributed by atoms with Crippen LogP contribution >= 0.6 is 22.9 Å². The van der Waals surface area contributed by atoms with Crippen LogP contribution in [-0.4, -0.2) is 24.1 Å². The number of amides is 1. The summed E-state index contributed by atoms with van der Waals surface area (Å²) >= 11 is 7.42. The molecule has 0 radical (unpaired) electrons. The van der Waals surface area contributed by atoms with Crippen molar-refractivity contribution in [1.29, 1.82) is 0 Å². The molecule has 1 amide bonds. The fraction of sp³-hybridized carbons (Fsp3) is 0.167. The van der Waals surface area contributed by atoms with Gasteiger partial charge in [-0.25, -0.2) is 0 Å². The molecule has 1 aliphatic rings. The molecule has 2 heterocycles. The normalized spacial score (nSPS) is 12.5. The van der Waals surface area contributed by atoms with Crippen LogP contribution < -0.4 is 9.47 Å². The number of rotatable bonds is 6. The van der Waals surface area contributed by atoms with E-state index >= 15 is 0 Å². The highest BCUT2D eigenvalue weighted by Crippen LogP contribution is 2.32. The van der Waals surface area contributed by atoms with Gasteiger partial charge in [0.25, 0.3) is 0 Å². The van der Waals surface area contributed by atoms with Crippen molar-refractivity contribution in [1.82, 2.24) is 4.90 Å². The van der Waals surface area contributed by atoms with Gasteiger partial charge in [0.15, 0.2) is 11.5 Å². The lowest BCUT2D eigenvalue weighted by atomic mass is 10.2. The summed E-state index contributed by atoms with van der Waals surface area (Å²) in [5.74, 6) is 1.33. The van der Waals surface area contributed by atoms with Gasteiger partial charge in [0.1, 0.15) is 0 Å². The van der Waals surface area contributed by atoms with Gasteiger partial charge in [0.05, 0.1) is 10.9 Å². The molecule has 3 rings (SSSR count). The molecule has 0 spiro atoms. The number of carbonyl (C=O) groups is 1. The Hall–Kier alpha value is -2.24. The standard InChI is InChI=1S/C18H16ClNO3S/c1-2-9-20(11-14-5-7-17(19)24-14)18(21)8-4-13-3-6-15-16(10-13)23-12-22-15/h2-8,10H,1,9,11-12H2/b8-4+. The number of fused-ring (bicyclic) bond motifs is 1. The average molecular weight is 362 g/mol. The summed E-state index contributed by atoms with van der Waals surface area (Å²) in [5.41, 5.74) is 0.880. The van der Waals surface area contributed by atoms with Crippen molar-refractivity contribution in [3.05, 3.63) is 63.8 Å². The Kier molecular flexibility index (Phi) is 5.23. The van der Waals surface area contributed by atoms with E-state index in [0.717, 1.165) is 16.2 Å². The number of hydrogen-bond acceptors (Lipinski definition) is 4. The molecular weight excluding hydrogens is 346 g/mol. The van der Waals surface area contributed by atoms with E-state index in [1.165, 1.54) is 11.3 Å². The van der Waals surface area contributed by atoms with Crippen LogP contribution in [-0.2, 0) is 11.3 Å². The van der Waals surface area contributed by atoms with E-state index in [1.54, 1.807) is 23.1 Å². The predicted octanol–water partition coefficient (Wildman–Crippen LogP) is 4.36. The molecule has 0 fully saturated rings. The second-order valence-electron chi connectivity index (χ2n) is 5.16. The van der Waals surface area contributed by atoms with E-state index in [2.05, 4.69) is 6.58 Å². The van der Waals surface area contributed by atoms with Crippen LogP contribution in [0.5, 0.6) is 11.5 Å². The smallest absolute Gasteiger partial charge is 0.247 e. The summed E-state index contributed by atoms with van der Waals surface area (Å²) in [4.78, 5) is 15.2. The van der Waals surface area contributed by atoms with Gasteiger partial charge in [-0.05, 0) is 35.9 Å². The first kappa shape index (κ1) is 16.6. The minimum absolute atomic E-state index is 0.0860. The third-order valence-electron chi connectivity index (χ3n) is 3.45. The molecule has 0 bridgehead atoms. The second-order valence-corrected chi connectivity index (χ2v) is 6.96. The van der Waals surface area contributed by atoms with Crippen LogP contribution in [0.1, 0.15) is 10.4 Å². The topological polar surface area (TPSA) is 38.8 Å². The van der Waals surface area contributed by atoms with E-state index in [-0.39, 0.29) is 12.7 Å². The van der Waals surface area contributed by atoms with Crippen molar-refractivity contribution >= 4 is 34.9 Å². The zero-order valence-electron chi connectivity index (χ0n) is 12.9. The lowest BCUT2D eigenvalue weighted by Crippen LogP contribution is -2.28. The van der Waals surface area contributed by atoms with Crippen LogP contribution in [0.25, 0.3) is 6.08 Å². The minimum atomic E-state index is -0.0860. The maximum absolute atomic E-state index is 12.5. The van der Waals surface area contributed by atoms with Gasteiger partial charge in [0, 0.05) is 17.5 Å². The van der Waals surface area contributed by atoms with Crippen LogP contribution in [0, 0.1) is 0 Å². The molecule has 0 N–H and O–H groups in total. The Labute approximate surface area is 149 Å². The molecule has 0 saturated heterocycles. The van der Waals surface area contributed by atoms with E-state index < -0.39 is 0 Å². The van der Waals surface area contributed by atoms with Crippen LogP contribution in [0.2, 0.25) is 4.34 Å². The van der Waals surface area contributed by atoms with Gasteiger partial charge in [0.2, 0.25) is 12.7 Å². The molecule has 1 aromatic heterocycles. The van der Waals surface area contributed by atoms with Crippen molar-refractivity contribution in [3.8, 4) is 11.5 Å². The van der Waals surface area contributed by atoms with Crippen molar-refractivity contribution in [2.75, 3.05) is 13.3 Å². The number of ether oxygens (including phenoxy) is 2. The largest absolute Gasteiger partial charge is 0.454 e. The van der Waals surface area contributed by atoms with Gasteiger partial charge in [-0.2, -0.15) is 0 Å². The maximum Gasteiger partial charge on any atom is 0.247 e. The Balaban J connectivity index is 1.69. The molecule has 0 unspecified atom stereocenters. The third kappa shape index (κ3) is 3.99. The Bertz CT molecular complexity index is 784. The van der Waals surface area contributed by atoms with Crippen molar-refractivity contribution in [3.63, 3.8) is 0 Å². The Morgan fingerprint density at radius 3 is 2.88 bits per heavy atom. The number of thiophene rings is 1. The highest BCUT2D eigenvalue weighted by atomic mass is 35.5. The Morgan fingerprint density at radius 2 is 2.12 bits per heavy atom. The number of nitrogens with zero attached hydrogens (tertiary/aromatic N) is 1.